The van der Waals surface area contributed by atoms with Crippen molar-refractivity contribution in [2.24, 2.45) is 0 Å². The molecule has 2 heteroatoms. The highest BCUT2D eigenvalue weighted by molar-refractivity contribution is 7.80. The van der Waals surface area contributed by atoms with Gasteiger partial charge in [-0.1, -0.05) is 26.0 Å². The molecular formula is C9H12OS. The molecule has 0 fully saturated rings. The highest BCUT2D eigenvalue weighted by Gasteiger charge is 2.06. The Bertz CT molecular complexity index is 256. The van der Waals surface area contributed by atoms with E-state index in [9.17, 15) is 5.11 Å². The largest absolute Gasteiger partial charge is 0.506 e. The standard InChI is InChI=1S/C9H12OS/c1-6(2)7-4-3-5-8(11)9(7)10/h3-6,10-11H,1-2H3. The topological polar surface area (TPSA) is 20.2 Å². The number of phenols is 1. The van der Waals surface area contributed by atoms with Crippen molar-refractivity contribution in [3.8, 4) is 5.75 Å². The van der Waals surface area contributed by atoms with Gasteiger partial charge in [0.1, 0.15) is 5.75 Å². The number of rotatable bonds is 1. The normalized spacial score (nSPS) is 10.5. The van der Waals surface area contributed by atoms with Gasteiger partial charge in [-0.3, -0.25) is 0 Å². The molecule has 0 amide bonds. The minimum atomic E-state index is 0.311. The first-order valence-corrected chi connectivity index (χ1v) is 4.08. The van der Waals surface area contributed by atoms with E-state index >= 15 is 0 Å². The molecule has 0 atom stereocenters. The zero-order chi connectivity index (χ0) is 8.43. The second-order valence-corrected chi connectivity index (χ2v) is 3.35. The number of aromatic hydroxyl groups is 1. The third-order valence-corrected chi connectivity index (χ3v) is 2.03. The van der Waals surface area contributed by atoms with Crippen LogP contribution < -0.4 is 0 Å². The minimum Gasteiger partial charge on any atom is -0.506 e. The SMILES string of the molecule is CC(C)c1cccc(S)c1O. The van der Waals surface area contributed by atoms with Crippen molar-refractivity contribution in [2.75, 3.05) is 0 Å². The molecule has 0 aliphatic rings. The Kier molecular flexibility index (Phi) is 2.45. The molecule has 1 aromatic carbocycles. The van der Waals surface area contributed by atoms with E-state index < -0.39 is 0 Å². The monoisotopic (exact) mass is 168 g/mol. The van der Waals surface area contributed by atoms with Crippen molar-refractivity contribution >= 4 is 12.6 Å². The van der Waals surface area contributed by atoms with Crippen LogP contribution in [0.15, 0.2) is 23.1 Å². The van der Waals surface area contributed by atoms with Crippen molar-refractivity contribution < 1.29 is 5.11 Å². The van der Waals surface area contributed by atoms with Gasteiger partial charge in [0.25, 0.3) is 0 Å². The molecule has 0 unspecified atom stereocenters. The van der Waals surface area contributed by atoms with E-state index in [4.69, 9.17) is 0 Å². The fourth-order valence-corrected chi connectivity index (χ4v) is 1.23. The van der Waals surface area contributed by atoms with Crippen LogP contribution in [0.1, 0.15) is 25.3 Å². The van der Waals surface area contributed by atoms with Gasteiger partial charge in [0.05, 0.1) is 0 Å². The summed E-state index contributed by atoms with van der Waals surface area (Å²) in [5.74, 6) is 0.660. The van der Waals surface area contributed by atoms with E-state index in [0.29, 0.717) is 16.6 Å². The van der Waals surface area contributed by atoms with Gasteiger partial charge < -0.3 is 5.11 Å². The Morgan fingerprint density at radius 3 is 2.45 bits per heavy atom. The lowest BCUT2D eigenvalue weighted by Crippen LogP contribution is -1.87. The first-order valence-electron chi connectivity index (χ1n) is 3.63. The van der Waals surface area contributed by atoms with Crippen molar-refractivity contribution in [1.29, 1.82) is 0 Å². The van der Waals surface area contributed by atoms with Crippen LogP contribution in [-0.2, 0) is 0 Å². The first kappa shape index (κ1) is 8.47. The summed E-state index contributed by atoms with van der Waals surface area (Å²) < 4.78 is 0. The maximum absolute atomic E-state index is 9.49. The molecule has 60 valence electrons. The van der Waals surface area contributed by atoms with Crippen molar-refractivity contribution in [1.82, 2.24) is 0 Å². The van der Waals surface area contributed by atoms with Gasteiger partial charge in [-0.2, -0.15) is 0 Å². The van der Waals surface area contributed by atoms with Gasteiger partial charge in [-0.25, -0.2) is 0 Å². The average Bonchev–Trinajstić information content (AvgIpc) is 1.94. The van der Waals surface area contributed by atoms with Gasteiger partial charge in [0.15, 0.2) is 0 Å². The van der Waals surface area contributed by atoms with E-state index in [1.165, 1.54) is 0 Å². The first-order chi connectivity index (χ1) is 5.13. The van der Waals surface area contributed by atoms with Crippen molar-refractivity contribution in [2.45, 2.75) is 24.7 Å². The van der Waals surface area contributed by atoms with Gasteiger partial charge in [0, 0.05) is 4.90 Å². The van der Waals surface area contributed by atoms with Crippen LogP contribution in [0, 0.1) is 0 Å². The second-order valence-electron chi connectivity index (χ2n) is 2.87. The molecule has 0 spiro atoms. The Labute approximate surface area is 72.5 Å². The molecule has 0 aliphatic heterocycles. The molecular weight excluding hydrogens is 156 g/mol. The number of hydrogen-bond donors (Lipinski definition) is 2. The maximum atomic E-state index is 9.49. The number of benzene rings is 1. The number of para-hydroxylation sites is 1. The number of thiol groups is 1. The fraction of sp³-hybridized carbons (Fsp3) is 0.333. The number of hydrogen-bond acceptors (Lipinski definition) is 2. The third-order valence-electron chi connectivity index (χ3n) is 1.67. The molecule has 1 N–H and O–H groups in total. The zero-order valence-electron chi connectivity index (χ0n) is 6.70. The molecule has 0 bridgehead atoms. The van der Waals surface area contributed by atoms with Crippen LogP contribution >= 0.6 is 12.6 Å². The third kappa shape index (κ3) is 1.69. The Balaban J connectivity index is 3.17. The molecule has 0 aromatic heterocycles. The predicted octanol–water partition coefficient (Wildman–Crippen LogP) is 2.80. The van der Waals surface area contributed by atoms with Crippen LogP contribution in [0.25, 0.3) is 0 Å². The van der Waals surface area contributed by atoms with E-state index in [-0.39, 0.29) is 0 Å². The summed E-state index contributed by atoms with van der Waals surface area (Å²) in [6.07, 6.45) is 0. The summed E-state index contributed by atoms with van der Waals surface area (Å²) in [6, 6.07) is 5.60. The molecule has 0 saturated carbocycles. The average molecular weight is 168 g/mol. The molecule has 11 heavy (non-hydrogen) atoms. The summed E-state index contributed by atoms with van der Waals surface area (Å²) in [5, 5.41) is 9.49. The van der Waals surface area contributed by atoms with Crippen LogP contribution in [0.2, 0.25) is 0 Å². The molecule has 0 radical (unpaired) electrons. The van der Waals surface area contributed by atoms with Crippen LogP contribution in [0.4, 0.5) is 0 Å². The van der Waals surface area contributed by atoms with Crippen molar-refractivity contribution in [3.05, 3.63) is 23.8 Å². The quantitative estimate of drug-likeness (QED) is 0.618. The van der Waals surface area contributed by atoms with Gasteiger partial charge in [-0.15, -0.1) is 12.6 Å². The maximum Gasteiger partial charge on any atom is 0.132 e. The summed E-state index contributed by atoms with van der Waals surface area (Å²) in [6.45, 7) is 4.09. The van der Waals surface area contributed by atoms with E-state index in [0.717, 1.165) is 5.56 Å². The molecule has 1 nitrogen and oxygen atoms in total. The Morgan fingerprint density at radius 2 is 2.00 bits per heavy atom. The lowest BCUT2D eigenvalue weighted by molar-refractivity contribution is 0.452. The summed E-state index contributed by atoms with van der Waals surface area (Å²) in [7, 11) is 0. The molecule has 1 rings (SSSR count). The fourth-order valence-electron chi connectivity index (χ4n) is 1.01. The van der Waals surface area contributed by atoms with E-state index in [1.807, 2.05) is 26.0 Å². The van der Waals surface area contributed by atoms with Crippen LogP contribution in [-0.4, -0.2) is 5.11 Å². The van der Waals surface area contributed by atoms with Gasteiger partial charge >= 0.3 is 0 Å². The molecule has 0 heterocycles. The summed E-state index contributed by atoms with van der Waals surface area (Å²) in [4.78, 5) is 0.649. The second kappa shape index (κ2) is 3.18. The Morgan fingerprint density at radius 1 is 1.36 bits per heavy atom. The highest BCUT2D eigenvalue weighted by atomic mass is 32.1. The Hall–Kier alpha value is -0.630. The number of phenolic OH excluding ortho intramolecular Hbond substituents is 1. The highest BCUT2D eigenvalue weighted by Crippen LogP contribution is 2.30. The zero-order valence-corrected chi connectivity index (χ0v) is 7.60. The van der Waals surface area contributed by atoms with E-state index in [2.05, 4.69) is 12.6 Å². The lowest BCUT2D eigenvalue weighted by atomic mass is 10.0. The smallest absolute Gasteiger partial charge is 0.132 e. The molecule has 0 saturated heterocycles. The van der Waals surface area contributed by atoms with E-state index in [1.54, 1.807) is 6.07 Å². The summed E-state index contributed by atoms with van der Waals surface area (Å²) in [5.41, 5.74) is 0.956. The van der Waals surface area contributed by atoms with Crippen LogP contribution in [0.3, 0.4) is 0 Å². The predicted molar refractivity (Wildman–Crippen MR) is 49.4 cm³/mol. The van der Waals surface area contributed by atoms with Gasteiger partial charge in [-0.05, 0) is 17.5 Å². The minimum absolute atomic E-state index is 0.311. The lowest BCUT2D eigenvalue weighted by Gasteiger charge is -2.08. The summed E-state index contributed by atoms with van der Waals surface area (Å²) >= 11 is 4.11. The van der Waals surface area contributed by atoms with Gasteiger partial charge in [0.2, 0.25) is 0 Å². The molecule has 1 aromatic rings. The molecule has 0 aliphatic carbocycles. The van der Waals surface area contributed by atoms with Crippen LogP contribution in [0.5, 0.6) is 5.75 Å². The van der Waals surface area contributed by atoms with Crippen molar-refractivity contribution in [3.63, 3.8) is 0 Å².